The summed E-state index contributed by atoms with van der Waals surface area (Å²) < 4.78 is 0. The molecular weight excluding hydrogens is 168 g/mol. The van der Waals surface area contributed by atoms with E-state index in [-0.39, 0.29) is 0 Å². The van der Waals surface area contributed by atoms with Crippen LogP contribution in [-0.2, 0) is 0 Å². The molecule has 0 nitrogen and oxygen atoms in total. The number of hydrogen-bond donors (Lipinski definition) is 0. The Morgan fingerprint density at radius 2 is 1.71 bits per heavy atom. The Bertz CT molecular complexity index is 209. The van der Waals surface area contributed by atoms with Crippen LogP contribution in [0.5, 0.6) is 0 Å². The zero-order valence-corrected chi connectivity index (χ0v) is 10.8. The SMILES string of the molecule is C=C(C)C(CC=C(C)C)CC(C)(C)C. The maximum atomic E-state index is 4.09. The minimum absolute atomic E-state index is 0.402. The molecule has 0 bridgehead atoms. The standard InChI is InChI=1S/C14H26/c1-11(2)8-9-13(12(3)4)10-14(5,6)7/h8,13H,3,9-10H2,1-2,4-7H3. The second kappa shape index (κ2) is 5.38. The number of hydrogen-bond acceptors (Lipinski definition) is 0. The van der Waals surface area contributed by atoms with Gasteiger partial charge in [-0.05, 0) is 44.9 Å². The van der Waals surface area contributed by atoms with Crippen LogP contribution in [0.4, 0.5) is 0 Å². The van der Waals surface area contributed by atoms with E-state index in [4.69, 9.17) is 0 Å². The monoisotopic (exact) mass is 194 g/mol. The van der Waals surface area contributed by atoms with Gasteiger partial charge in [0.1, 0.15) is 0 Å². The van der Waals surface area contributed by atoms with E-state index < -0.39 is 0 Å². The number of rotatable bonds is 4. The fraction of sp³-hybridized carbons (Fsp3) is 0.714. The summed E-state index contributed by atoms with van der Waals surface area (Å²) in [7, 11) is 0. The van der Waals surface area contributed by atoms with Crippen LogP contribution in [0, 0.1) is 11.3 Å². The summed E-state index contributed by atoms with van der Waals surface area (Å²) in [5.74, 6) is 0.643. The van der Waals surface area contributed by atoms with E-state index in [0.29, 0.717) is 11.3 Å². The Morgan fingerprint density at radius 3 is 2.00 bits per heavy atom. The van der Waals surface area contributed by atoms with Crippen LogP contribution in [-0.4, -0.2) is 0 Å². The first kappa shape index (κ1) is 13.5. The third kappa shape index (κ3) is 6.94. The van der Waals surface area contributed by atoms with Crippen LogP contribution in [0.15, 0.2) is 23.8 Å². The van der Waals surface area contributed by atoms with Crippen LogP contribution in [0.3, 0.4) is 0 Å². The molecule has 0 radical (unpaired) electrons. The van der Waals surface area contributed by atoms with Gasteiger partial charge in [-0.25, -0.2) is 0 Å². The van der Waals surface area contributed by atoms with E-state index in [0.717, 1.165) is 6.42 Å². The lowest BCUT2D eigenvalue weighted by molar-refractivity contribution is 0.318. The predicted molar refractivity (Wildman–Crippen MR) is 66.4 cm³/mol. The van der Waals surface area contributed by atoms with Crippen LogP contribution in [0.1, 0.15) is 54.4 Å². The summed E-state index contributed by atoms with van der Waals surface area (Å²) in [5, 5.41) is 0. The molecular formula is C14H26. The van der Waals surface area contributed by atoms with Gasteiger partial charge in [0.2, 0.25) is 0 Å². The Morgan fingerprint density at radius 1 is 1.21 bits per heavy atom. The molecule has 0 saturated heterocycles. The van der Waals surface area contributed by atoms with Crippen LogP contribution in [0.2, 0.25) is 0 Å². The average molecular weight is 194 g/mol. The van der Waals surface area contributed by atoms with E-state index in [1.54, 1.807) is 0 Å². The molecule has 0 aromatic carbocycles. The van der Waals surface area contributed by atoms with Crippen molar-refractivity contribution in [1.82, 2.24) is 0 Å². The quantitative estimate of drug-likeness (QED) is 0.554. The summed E-state index contributed by atoms with van der Waals surface area (Å²) in [5.41, 5.74) is 3.13. The molecule has 14 heavy (non-hydrogen) atoms. The minimum Gasteiger partial charge on any atom is -0.0998 e. The van der Waals surface area contributed by atoms with Crippen molar-refractivity contribution in [3.05, 3.63) is 23.8 Å². The first-order valence-electron chi connectivity index (χ1n) is 5.51. The molecule has 1 unspecified atom stereocenters. The maximum absolute atomic E-state index is 4.09. The topological polar surface area (TPSA) is 0 Å². The van der Waals surface area contributed by atoms with Crippen molar-refractivity contribution in [2.75, 3.05) is 0 Å². The second-order valence-electron chi connectivity index (χ2n) is 5.83. The van der Waals surface area contributed by atoms with Crippen molar-refractivity contribution < 1.29 is 0 Å². The Kier molecular flexibility index (Phi) is 5.18. The molecule has 0 amide bonds. The van der Waals surface area contributed by atoms with Crippen molar-refractivity contribution >= 4 is 0 Å². The normalized spacial score (nSPS) is 13.6. The Balaban J connectivity index is 4.32. The highest BCUT2D eigenvalue weighted by atomic mass is 14.2. The maximum Gasteiger partial charge on any atom is -0.0169 e. The summed E-state index contributed by atoms with van der Waals surface area (Å²) >= 11 is 0. The highest BCUT2D eigenvalue weighted by Crippen LogP contribution is 2.30. The second-order valence-corrected chi connectivity index (χ2v) is 5.83. The molecule has 82 valence electrons. The summed E-state index contributed by atoms with van der Waals surface area (Å²) in [6.45, 7) is 17.4. The minimum atomic E-state index is 0.402. The molecule has 0 N–H and O–H groups in total. The van der Waals surface area contributed by atoms with Crippen molar-refractivity contribution in [3.63, 3.8) is 0 Å². The van der Waals surface area contributed by atoms with E-state index in [9.17, 15) is 0 Å². The Hall–Kier alpha value is -0.520. The van der Waals surface area contributed by atoms with Crippen LogP contribution < -0.4 is 0 Å². The van der Waals surface area contributed by atoms with Crippen molar-refractivity contribution in [2.24, 2.45) is 11.3 Å². The molecule has 0 aromatic heterocycles. The fourth-order valence-electron chi connectivity index (χ4n) is 1.58. The Labute approximate surface area is 90.1 Å². The average Bonchev–Trinajstić information content (AvgIpc) is 1.94. The van der Waals surface area contributed by atoms with E-state index in [2.05, 4.69) is 54.2 Å². The van der Waals surface area contributed by atoms with Gasteiger partial charge in [0, 0.05) is 0 Å². The lowest BCUT2D eigenvalue weighted by Crippen LogP contribution is -2.13. The lowest BCUT2D eigenvalue weighted by atomic mass is 9.80. The van der Waals surface area contributed by atoms with Gasteiger partial charge in [-0.1, -0.05) is 44.6 Å². The summed E-state index contributed by atoms with van der Waals surface area (Å²) in [4.78, 5) is 0. The predicted octanol–water partition coefficient (Wildman–Crippen LogP) is 4.97. The van der Waals surface area contributed by atoms with Crippen LogP contribution >= 0.6 is 0 Å². The van der Waals surface area contributed by atoms with Crippen LogP contribution in [0.25, 0.3) is 0 Å². The molecule has 0 heterocycles. The van der Waals surface area contributed by atoms with Gasteiger partial charge < -0.3 is 0 Å². The molecule has 0 aliphatic heterocycles. The van der Waals surface area contributed by atoms with Crippen molar-refractivity contribution in [3.8, 4) is 0 Å². The molecule has 0 fully saturated rings. The summed E-state index contributed by atoms with van der Waals surface area (Å²) in [6.07, 6.45) is 4.70. The van der Waals surface area contributed by atoms with Crippen molar-refractivity contribution in [1.29, 1.82) is 0 Å². The van der Waals surface area contributed by atoms with Crippen molar-refractivity contribution in [2.45, 2.75) is 54.4 Å². The third-order valence-electron chi connectivity index (χ3n) is 2.37. The molecule has 1 atom stereocenters. The molecule has 0 heteroatoms. The fourth-order valence-corrected chi connectivity index (χ4v) is 1.58. The molecule has 0 aliphatic carbocycles. The van der Waals surface area contributed by atoms with E-state index in [1.165, 1.54) is 17.6 Å². The van der Waals surface area contributed by atoms with Gasteiger partial charge >= 0.3 is 0 Å². The largest absolute Gasteiger partial charge is 0.0998 e. The zero-order chi connectivity index (χ0) is 11.4. The van der Waals surface area contributed by atoms with Gasteiger partial charge in [-0.3, -0.25) is 0 Å². The van der Waals surface area contributed by atoms with Gasteiger partial charge in [-0.15, -0.1) is 0 Å². The third-order valence-corrected chi connectivity index (χ3v) is 2.37. The molecule has 0 rings (SSSR count). The smallest absolute Gasteiger partial charge is 0.0169 e. The molecule has 0 aromatic rings. The van der Waals surface area contributed by atoms with Gasteiger partial charge in [0.25, 0.3) is 0 Å². The van der Waals surface area contributed by atoms with Gasteiger partial charge in [0.15, 0.2) is 0 Å². The van der Waals surface area contributed by atoms with Gasteiger partial charge in [0.05, 0.1) is 0 Å². The molecule has 0 spiro atoms. The van der Waals surface area contributed by atoms with Gasteiger partial charge in [-0.2, -0.15) is 0 Å². The zero-order valence-electron chi connectivity index (χ0n) is 10.8. The summed E-state index contributed by atoms with van der Waals surface area (Å²) in [6, 6.07) is 0. The van der Waals surface area contributed by atoms with E-state index >= 15 is 0 Å². The lowest BCUT2D eigenvalue weighted by Gasteiger charge is -2.25. The highest BCUT2D eigenvalue weighted by Gasteiger charge is 2.18. The highest BCUT2D eigenvalue weighted by molar-refractivity contribution is 5.03. The molecule has 0 aliphatic rings. The first-order valence-corrected chi connectivity index (χ1v) is 5.51. The van der Waals surface area contributed by atoms with E-state index in [1.807, 2.05) is 0 Å². The molecule has 0 saturated carbocycles. The first-order chi connectivity index (χ1) is 6.22. The number of allylic oxidation sites excluding steroid dienone is 3.